The molecule has 0 saturated carbocycles. The predicted octanol–water partition coefficient (Wildman–Crippen LogP) is 4.19. The summed E-state index contributed by atoms with van der Waals surface area (Å²) in [6.07, 6.45) is 0. The summed E-state index contributed by atoms with van der Waals surface area (Å²) in [5, 5.41) is 5.75. The molecule has 0 fully saturated rings. The summed E-state index contributed by atoms with van der Waals surface area (Å²) in [6, 6.07) is 17.1. The number of nitrogens with one attached hydrogen (secondary N) is 2. The van der Waals surface area contributed by atoms with Crippen molar-refractivity contribution < 1.29 is 9.59 Å². The Labute approximate surface area is 153 Å². The normalized spacial score (nSPS) is 11.0. The Balaban J connectivity index is 1.85. The van der Waals surface area contributed by atoms with Gasteiger partial charge >= 0.3 is 0 Å². The first-order chi connectivity index (χ1) is 11.9. The highest BCUT2D eigenvalue weighted by molar-refractivity contribution is 7.99. The zero-order valence-electron chi connectivity index (χ0n) is 14.8. The van der Waals surface area contributed by atoms with Crippen molar-refractivity contribution in [3.05, 3.63) is 60.2 Å². The summed E-state index contributed by atoms with van der Waals surface area (Å²) in [5.41, 5.74) is 0.690. The van der Waals surface area contributed by atoms with E-state index in [4.69, 9.17) is 0 Å². The van der Waals surface area contributed by atoms with Crippen LogP contribution in [0.4, 0.5) is 5.69 Å². The molecule has 2 rings (SSSR count). The number of benzene rings is 2. The number of thioether (sulfide) groups is 1. The van der Waals surface area contributed by atoms with Crippen LogP contribution in [0.25, 0.3) is 0 Å². The van der Waals surface area contributed by atoms with Gasteiger partial charge in [-0.2, -0.15) is 0 Å². The zero-order chi connectivity index (χ0) is 18.3. The van der Waals surface area contributed by atoms with Gasteiger partial charge in [0.25, 0.3) is 5.91 Å². The standard InChI is InChI=1S/C20H24N2O2S/c1-20(2,3)19(24)22-16-9-7-8-15(14-16)18(23)21-12-13-25-17-10-5-4-6-11-17/h4-11,14H,12-13H2,1-3H3,(H,21,23)(H,22,24). The fourth-order valence-electron chi connectivity index (χ4n) is 2.01. The molecule has 2 N–H and O–H groups in total. The molecule has 0 spiro atoms. The summed E-state index contributed by atoms with van der Waals surface area (Å²) in [5.74, 6) is 0.584. The minimum Gasteiger partial charge on any atom is -0.351 e. The van der Waals surface area contributed by atoms with Crippen LogP contribution >= 0.6 is 11.8 Å². The quantitative estimate of drug-likeness (QED) is 0.603. The van der Waals surface area contributed by atoms with Crippen molar-refractivity contribution in [2.75, 3.05) is 17.6 Å². The fraction of sp³-hybridized carbons (Fsp3) is 0.300. The van der Waals surface area contributed by atoms with Gasteiger partial charge in [-0.1, -0.05) is 45.0 Å². The maximum Gasteiger partial charge on any atom is 0.251 e. The summed E-state index contributed by atoms with van der Waals surface area (Å²) in [6.45, 7) is 6.13. The number of hydrogen-bond donors (Lipinski definition) is 2. The molecule has 0 atom stereocenters. The lowest BCUT2D eigenvalue weighted by Crippen LogP contribution is -2.28. The molecule has 0 unspecified atom stereocenters. The highest BCUT2D eigenvalue weighted by Crippen LogP contribution is 2.18. The third kappa shape index (κ3) is 6.27. The van der Waals surface area contributed by atoms with Gasteiger partial charge in [0.1, 0.15) is 0 Å². The van der Waals surface area contributed by atoms with Gasteiger partial charge in [0.2, 0.25) is 5.91 Å². The number of anilines is 1. The van der Waals surface area contributed by atoms with Crippen LogP contribution < -0.4 is 10.6 Å². The van der Waals surface area contributed by atoms with E-state index in [1.54, 1.807) is 36.0 Å². The molecular weight excluding hydrogens is 332 g/mol. The van der Waals surface area contributed by atoms with Gasteiger partial charge in [-0.15, -0.1) is 11.8 Å². The molecule has 132 valence electrons. The molecule has 2 aromatic carbocycles. The van der Waals surface area contributed by atoms with Gasteiger partial charge in [0.05, 0.1) is 0 Å². The number of carbonyl (C=O) groups is 2. The maximum atomic E-state index is 12.3. The van der Waals surface area contributed by atoms with Gasteiger partial charge in [0, 0.05) is 33.9 Å². The average molecular weight is 356 g/mol. The predicted molar refractivity (Wildman–Crippen MR) is 104 cm³/mol. The minimum atomic E-state index is -0.479. The van der Waals surface area contributed by atoms with Crippen LogP contribution in [0.3, 0.4) is 0 Å². The van der Waals surface area contributed by atoms with Gasteiger partial charge in [-0.05, 0) is 30.3 Å². The van der Waals surface area contributed by atoms with Crippen molar-refractivity contribution >= 4 is 29.3 Å². The molecule has 25 heavy (non-hydrogen) atoms. The Kier molecular flexibility index (Phi) is 6.65. The van der Waals surface area contributed by atoms with E-state index in [1.165, 1.54) is 4.90 Å². The van der Waals surface area contributed by atoms with Crippen molar-refractivity contribution in [3.8, 4) is 0 Å². The van der Waals surface area contributed by atoms with E-state index in [9.17, 15) is 9.59 Å². The first-order valence-corrected chi connectivity index (χ1v) is 9.22. The van der Waals surface area contributed by atoms with E-state index >= 15 is 0 Å². The largest absolute Gasteiger partial charge is 0.351 e. The van der Waals surface area contributed by atoms with E-state index < -0.39 is 5.41 Å². The van der Waals surface area contributed by atoms with E-state index in [0.717, 1.165) is 5.75 Å². The lowest BCUT2D eigenvalue weighted by atomic mass is 9.95. The Morgan fingerprint density at radius 1 is 1.00 bits per heavy atom. The molecule has 0 saturated heterocycles. The van der Waals surface area contributed by atoms with Gasteiger partial charge in [-0.3, -0.25) is 9.59 Å². The minimum absolute atomic E-state index is 0.0793. The molecule has 0 aliphatic carbocycles. The van der Waals surface area contributed by atoms with Gasteiger partial charge in [0.15, 0.2) is 0 Å². The Bertz CT molecular complexity index is 724. The van der Waals surface area contributed by atoms with Crippen LogP contribution in [0.1, 0.15) is 31.1 Å². The maximum absolute atomic E-state index is 12.3. The van der Waals surface area contributed by atoms with Crippen LogP contribution in [0.5, 0.6) is 0 Å². The topological polar surface area (TPSA) is 58.2 Å². The lowest BCUT2D eigenvalue weighted by Gasteiger charge is -2.18. The van der Waals surface area contributed by atoms with Crippen molar-refractivity contribution in [2.24, 2.45) is 5.41 Å². The van der Waals surface area contributed by atoms with E-state index in [1.807, 2.05) is 51.1 Å². The second-order valence-corrected chi connectivity index (χ2v) is 7.87. The molecule has 5 heteroatoms. The smallest absolute Gasteiger partial charge is 0.251 e. The van der Waals surface area contributed by atoms with Gasteiger partial charge in [-0.25, -0.2) is 0 Å². The monoisotopic (exact) mass is 356 g/mol. The number of amides is 2. The van der Waals surface area contributed by atoms with E-state index in [-0.39, 0.29) is 11.8 Å². The summed E-state index contributed by atoms with van der Waals surface area (Å²) in [4.78, 5) is 25.5. The molecule has 0 aromatic heterocycles. The lowest BCUT2D eigenvalue weighted by molar-refractivity contribution is -0.123. The van der Waals surface area contributed by atoms with Crippen molar-refractivity contribution in [1.82, 2.24) is 5.32 Å². The number of hydrogen-bond acceptors (Lipinski definition) is 3. The third-order valence-corrected chi connectivity index (χ3v) is 4.48. The van der Waals surface area contributed by atoms with Crippen LogP contribution in [-0.4, -0.2) is 24.1 Å². The average Bonchev–Trinajstić information content (AvgIpc) is 2.59. The first-order valence-electron chi connectivity index (χ1n) is 8.24. The Morgan fingerprint density at radius 3 is 2.40 bits per heavy atom. The van der Waals surface area contributed by atoms with E-state index in [2.05, 4.69) is 10.6 Å². The summed E-state index contributed by atoms with van der Waals surface area (Å²) >= 11 is 1.70. The Morgan fingerprint density at radius 2 is 1.72 bits per heavy atom. The van der Waals surface area contributed by atoms with Crippen molar-refractivity contribution in [3.63, 3.8) is 0 Å². The van der Waals surface area contributed by atoms with Gasteiger partial charge < -0.3 is 10.6 Å². The third-order valence-electron chi connectivity index (χ3n) is 3.46. The molecule has 0 radical (unpaired) electrons. The molecule has 2 aromatic rings. The van der Waals surface area contributed by atoms with E-state index in [0.29, 0.717) is 17.8 Å². The van der Waals surface area contributed by atoms with Crippen molar-refractivity contribution in [2.45, 2.75) is 25.7 Å². The summed E-state index contributed by atoms with van der Waals surface area (Å²) < 4.78 is 0. The van der Waals surface area contributed by atoms with Crippen molar-refractivity contribution in [1.29, 1.82) is 0 Å². The Hall–Kier alpha value is -2.27. The first kappa shape index (κ1) is 19.1. The van der Waals surface area contributed by atoms with Crippen LogP contribution in [0, 0.1) is 5.41 Å². The molecule has 0 bridgehead atoms. The summed E-state index contributed by atoms with van der Waals surface area (Å²) in [7, 11) is 0. The highest BCUT2D eigenvalue weighted by Gasteiger charge is 2.21. The molecule has 0 aliphatic rings. The number of carbonyl (C=O) groups excluding carboxylic acids is 2. The fourth-order valence-corrected chi connectivity index (χ4v) is 2.80. The van der Waals surface area contributed by atoms with Crippen LogP contribution in [0.15, 0.2) is 59.5 Å². The molecular formula is C20H24N2O2S. The molecule has 0 heterocycles. The second-order valence-electron chi connectivity index (χ2n) is 6.70. The molecule has 0 aliphatic heterocycles. The SMILES string of the molecule is CC(C)(C)C(=O)Nc1cccc(C(=O)NCCSc2ccccc2)c1. The second kappa shape index (κ2) is 8.72. The highest BCUT2D eigenvalue weighted by atomic mass is 32.2. The van der Waals surface area contributed by atoms with Crippen LogP contribution in [-0.2, 0) is 4.79 Å². The molecule has 4 nitrogen and oxygen atoms in total. The van der Waals surface area contributed by atoms with Crippen LogP contribution in [0.2, 0.25) is 0 Å². The number of rotatable bonds is 6. The molecule has 2 amide bonds. The zero-order valence-corrected chi connectivity index (χ0v) is 15.7.